The van der Waals surface area contributed by atoms with Crippen LogP contribution in [0.4, 0.5) is 13.6 Å². The average molecular weight is 355 g/mol. The molecule has 1 atom stereocenters. The van der Waals surface area contributed by atoms with Gasteiger partial charge in [0.15, 0.2) is 0 Å². The third-order valence-electron chi connectivity index (χ3n) is 4.26. The normalized spacial score (nSPS) is 19.3. The van der Waals surface area contributed by atoms with E-state index in [9.17, 15) is 18.7 Å². The maximum Gasteiger partial charge on any atom is 0.317 e. The summed E-state index contributed by atoms with van der Waals surface area (Å²) in [6, 6.07) is 5.85. The molecular weight excluding hydrogens is 328 g/mol. The number of carbonyl (C=O) groups is 1. The van der Waals surface area contributed by atoms with E-state index in [2.05, 4.69) is 10.2 Å². The van der Waals surface area contributed by atoms with E-state index in [0.29, 0.717) is 32.7 Å². The number of benzene rings is 1. The van der Waals surface area contributed by atoms with Crippen LogP contribution in [-0.2, 0) is 6.54 Å². The summed E-state index contributed by atoms with van der Waals surface area (Å²) < 4.78 is 25.1. The van der Waals surface area contributed by atoms with Crippen molar-refractivity contribution in [3.05, 3.63) is 35.4 Å². The number of rotatable bonds is 5. The summed E-state index contributed by atoms with van der Waals surface area (Å²) in [7, 11) is 0. The Bertz CT molecular complexity index is 573. The second-order valence-electron chi connectivity index (χ2n) is 7.29. The molecule has 140 valence electrons. The van der Waals surface area contributed by atoms with Gasteiger partial charge >= 0.3 is 6.03 Å². The van der Waals surface area contributed by atoms with Crippen LogP contribution in [0.3, 0.4) is 0 Å². The summed E-state index contributed by atoms with van der Waals surface area (Å²) in [5.74, 6) is 0. The summed E-state index contributed by atoms with van der Waals surface area (Å²) in [5, 5.41) is 12.8. The van der Waals surface area contributed by atoms with Crippen molar-refractivity contribution in [2.24, 2.45) is 0 Å². The third-order valence-corrected chi connectivity index (χ3v) is 4.26. The molecule has 0 aliphatic carbocycles. The Kier molecular flexibility index (Phi) is 6.35. The Morgan fingerprint density at radius 3 is 2.48 bits per heavy atom. The van der Waals surface area contributed by atoms with Gasteiger partial charge in [0.25, 0.3) is 6.43 Å². The Balaban J connectivity index is 1.83. The highest BCUT2D eigenvalue weighted by atomic mass is 19.3. The quantitative estimate of drug-likeness (QED) is 0.854. The molecule has 0 bridgehead atoms. The maximum absolute atomic E-state index is 12.5. The van der Waals surface area contributed by atoms with Crippen molar-refractivity contribution in [3.8, 4) is 0 Å². The number of β-amino-alcohol motifs (C(OH)–C–C–N with tert-alkyl or cyclic N) is 1. The average Bonchev–Trinajstić information content (AvgIpc) is 2.51. The van der Waals surface area contributed by atoms with Gasteiger partial charge in [-0.2, -0.15) is 0 Å². The Labute approximate surface area is 147 Å². The number of piperazine rings is 1. The van der Waals surface area contributed by atoms with Crippen LogP contribution < -0.4 is 5.32 Å². The fourth-order valence-corrected chi connectivity index (χ4v) is 3.09. The van der Waals surface area contributed by atoms with Crippen molar-refractivity contribution >= 4 is 6.03 Å². The fourth-order valence-electron chi connectivity index (χ4n) is 3.09. The van der Waals surface area contributed by atoms with E-state index >= 15 is 0 Å². The number of aliphatic hydroxyl groups is 1. The van der Waals surface area contributed by atoms with Crippen LogP contribution >= 0.6 is 0 Å². The summed E-state index contributed by atoms with van der Waals surface area (Å²) >= 11 is 0. The molecule has 0 aromatic heterocycles. The smallest absolute Gasteiger partial charge is 0.317 e. The molecule has 2 N–H and O–H groups in total. The number of amides is 2. The number of nitrogens with one attached hydrogen (secondary N) is 1. The molecule has 1 aliphatic rings. The lowest BCUT2D eigenvalue weighted by Gasteiger charge is -2.41. The number of hydrogen-bond acceptors (Lipinski definition) is 3. The highest BCUT2D eigenvalue weighted by molar-refractivity contribution is 5.74. The Hall–Kier alpha value is -1.73. The second-order valence-corrected chi connectivity index (χ2v) is 7.29. The minimum absolute atomic E-state index is 0.0216. The van der Waals surface area contributed by atoms with Crippen molar-refractivity contribution in [1.29, 1.82) is 0 Å². The lowest BCUT2D eigenvalue weighted by molar-refractivity contribution is 0.0119. The molecular formula is C18H27F2N3O2. The van der Waals surface area contributed by atoms with Crippen molar-refractivity contribution in [3.63, 3.8) is 0 Å². The van der Waals surface area contributed by atoms with E-state index in [1.54, 1.807) is 30.9 Å². The third kappa shape index (κ3) is 5.93. The number of nitrogens with zero attached hydrogens (tertiary/aromatic N) is 2. The molecule has 1 fully saturated rings. The minimum atomic E-state index is -2.48. The summed E-state index contributed by atoms with van der Waals surface area (Å²) in [6.07, 6.45) is -2.48. The molecule has 0 radical (unpaired) electrons. The van der Waals surface area contributed by atoms with Gasteiger partial charge in [0.1, 0.15) is 0 Å². The molecule has 1 aliphatic heterocycles. The maximum atomic E-state index is 12.5. The monoisotopic (exact) mass is 355 g/mol. The Morgan fingerprint density at radius 2 is 1.96 bits per heavy atom. The van der Waals surface area contributed by atoms with Crippen LogP contribution in [0.1, 0.15) is 38.3 Å². The van der Waals surface area contributed by atoms with E-state index in [0.717, 1.165) is 5.56 Å². The first-order valence-corrected chi connectivity index (χ1v) is 8.52. The van der Waals surface area contributed by atoms with Crippen LogP contribution in [0.2, 0.25) is 0 Å². The molecule has 1 aromatic carbocycles. The highest BCUT2D eigenvalue weighted by Crippen LogP contribution is 2.19. The summed E-state index contributed by atoms with van der Waals surface area (Å²) in [4.78, 5) is 16.3. The first-order chi connectivity index (χ1) is 11.7. The van der Waals surface area contributed by atoms with Gasteiger partial charge < -0.3 is 15.3 Å². The molecule has 0 spiro atoms. The number of urea groups is 1. The molecule has 0 saturated carbocycles. The summed E-state index contributed by atoms with van der Waals surface area (Å²) in [5.41, 5.74) is 0.00634. The van der Waals surface area contributed by atoms with Crippen molar-refractivity contribution in [2.45, 2.75) is 45.4 Å². The van der Waals surface area contributed by atoms with E-state index in [1.807, 2.05) is 6.92 Å². The van der Waals surface area contributed by atoms with Gasteiger partial charge in [0.05, 0.1) is 5.60 Å². The van der Waals surface area contributed by atoms with Crippen LogP contribution in [0.5, 0.6) is 0 Å². The first kappa shape index (κ1) is 19.6. The number of alkyl halides is 2. The van der Waals surface area contributed by atoms with Gasteiger partial charge in [-0.3, -0.25) is 4.90 Å². The summed E-state index contributed by atoms with van der Waals surface area (Å²) in [6.45, 7) is 8.42. The topological polar surface area (TPSA) is 55.8 Å². The SMILES string of the molecule is CC1CN(CC(C)(C)O)CCN1C(=O)NCc1ccc(C(F)F)cc1. The minimum Gasteiger partial charge on any atom is -0.389 e. The van der Waals surface area contributed by atoms with Gasteiger partial charge in [-0.1, -0.05) is 24.3 Å². The van der Waals surface area contributed by atoms with E-state index in [4.69, 9.17) is 0 Å². The van der Waals surface area contributed by atoms with Gasteiger partial charge in [-0.25, -0.2) is 13.6 Å². The molecule has 1 unspecified atom stereocenters. The zero-order chi connectivity index (χ0) is 18.6. The lowest BCUT2D eigenvalue weighted by atomic mass is 10.1. The predicted octanol–water partition coefficient (Wildman–Crippen LogP) is 2.61. The van der Waals surface area contributed by atoms with Gasteiger partial charge in [-0.05, 0) is 26.3 Å². The van der Waals surface area contributed by atoms with Crippen LogP contribution in [0, 0.1) is 0 Å². The molecule has 5 nitrogen and oxygen atoms in total. The van der Waals surface area contributed by atoms with Gasteiger partial charge in [-0.15, -0.1) is 0 Å². The van der Waals surface area contributed by atoms with Crippen molar-refractivity contribution in [2.75, 3.05) is 26.2 Å². The fraction of sp³-hybridized carbons (Fsp3) is 0.611. The molecule has 7 heteroatoms. The number of carbonyl (C=O) groups excluding carboxylic acids is 1. The molecule has 1 heterocycles. The van der Waals surface area contributed by atoms with Crippen LogP contribution in [0.15, 0.2) is 24.3 Å². The highest BCUT2D eigenvalue weighted by Gasteiger charge is 2.29. The van der Waals surface area contributed by atoms with Crippen LogP contribution in [0.25, 0.3) is 0 Å². The number of halogens is 2. The first-order valence-electron chi connectivity index (χ1n) is 8.52. The largest absolute Gasteiger partial charge is 0.389 e. The van der Waals surface area contributed by atoms with Crippen LogP contribution in [-0.4, -0.2) is 58.8 Å². The van der Waals surface area contributed by atoms with E-state index in [1.165, 1.54) is 12.1 Å². The molecule has 2 rings (SSSR count). The van der Waals surface area contributed by atoms with Crippen molar-refractivity contribution in [1.82, 2.24) is 15.1 Å². The second kappa shape index (κ2) is 8.10. The van der Waals surface area contributed by atoms with E-state index in [-0.39, 0.29) is 17.6 Å². The lowest BCUT2D eigenvalue weighted by Crippen LogP contribution is -2.58. The molecule has 25 heavy (non-hydrogen) atoms. The molecule has 1 saturated heterocycles. The number of hydrogen-bond donors (Lipinski definition) is 2. The van der Waals surface area contributed by atoms with Gasteiger partial charge in [0.2, 0.25) is 0 Å². The van der Waals surface area contributed by atoms with Crippen molar-refractivity contribution < 1.29 is 18.7 Å². The zero-order valence-electron chi connectivity index (χ0n) is 15.0. The zero-order valence-corrected chi connectivity index (χ0v) is 15.0. The Morgan fingerprint density at radius 1 is 1.32 bits per heavy atom. The van der Waals surface area contributed by atoms with Gasteiger partial charge in [0, 0.05) is 44.3 Å². The predicted molar refractivity (Wildman–Crippen MR) is 92.5 cm³/mol. The van der Waals surface area contributed by atoms with E-state index < -0.39 is 12.0 Å². The molecule has 2 amide bonds. The molecule has 1 aromatic rings. The standard InChI is InChI=1S/C18H27F2N3O2/c1-13-11-22(12-18(2,3)25)8-9-23(13)17(24)21-10-14-4-6-15(7-5-14)16(19)20/h4-7,13,16,25H,8-12H2,1-3H3,(H,21,24).